The second kappa shape index (κ2) is 13.4. The van der Waals surface area contributed by atoms with Crippen molar-refractivity contribution >= 4 is 5.97 Å². The Morgan fingerprint density at radius 2 is 1.63 bits per heavy atom. The highest BCUT2D eigenvalue weighted by molar-refractivity contribution is 5.87. The molecule has 0 saturated heterocycles. The third kappa shape index (κ3) is 11.8. The number of allylic oxidation sites excluding steroid dienone is 2. The molecule has 2 heteroatoms. The van der Waals surface area contributed by atoms with E-state index in [1.807, 2.05) is 13.0 Å². The Labute approximate surface area is 118 Å². The zero-order chi connectivity index (χ0) is 14.3. The predicted molar refractivity (Wildman–Crippen MR) is 82.1 cm³/mol. The van der Waals surface area contributed by atoms with Crippen molar-refractivity contribution in [1.82, 2.24) is 0 Å². The summed E-state index contributed by atoms with van der Waals surface area (Å²) in [5.41, 5.74) is 0.667. The van der Waals surface area contributed by atoms with Crippen molar-refractivity contribution in [3.8, 4) is 0 Å². The van der Waals surface area contributed by atoms with Crippen LogP contribution in [0.2, 0.25) is 0 Å². The van der Waals surface area contributed by atoms with Crippen LogP contribution in [0.1, 0.15) is 72.1 Å². The molecule has 0 saturated carbocycles. The first-order valence-electron chi connectivity index (χ1n) is 7.67. The van der Waals surface area contributed by atoms with Crippen LogP contribution in [0.5, 0.6) is 0 Å². The number of carbonyl (C=O) groups is 1. The molecule has 0 fully saturated rings. The topological polar surface area (TPSA) is 26.3 Å². The van der Waals surface area contributed by atoms with Crippen molar-refractivity contribution in [2.45, 2.75) is 72.1 Å². The number of ether oxygens (including phenoxy) is 1. The van der Waals surface area contributed by atoms with Gasteiger partial charge < -0.3 is 4.74 Å². The molecule has 0 spiro atoms. The van der Waals surface area contributed by atoms with Gasteiger partial charge in [-0.05, 0) is 26.7 Å². The van der Waals surface area contributed by atoms with Crippen LogP contribution < -0.4 is 0 Å². The molecule has 0 aromatic carbocycles. The molecule has 0 N–H and O–H groups in total. The minimum atomic E-state index is -0.219. The standard InChI is InChI=1S/C17H30O2/c1-4-6-7-8-9-10-11-12-13-14-15-19-17(18)16(3)5-2/h5,13-14H,4,6-12,15H2,1-3H3/b14-13+,16-5+. The van der Waals surface area contributed by atoms with E-state index in [0.29, 0.717) is 12.2 Å². The Morgan fingerprint density at radius 3 is 2.26 bits per heavy atom. The van der Waals surface area contributed by atoms with E-state index >= 15 is 0 Å². The van der Waals surface area contributed by atoms with Gasteiger partial charge >= 0.3 is 5.97 Å². The molecule has 0 aromatic rings. The summed E-state index contributed by atoms with van der Waals surface area (Å²) in [6.07, 6.45) is 16.3. The molecule has 0 bridgehead atoms. The normalized spacial score (nSPS) is 12.1. The predicted octanol–water partition coefficient (Wildman–Crippen LogP) is 5.19. The molecule has 0 aromatic heterocycles. The smallest absolute Gasteiger partial charge is 0.333 e. The molecule has 110 valence electrons. The van der Waals surface area contributed by atoms with Crippen molar-refractivity contribution in [2.24, 2.45) is 0 Å². The van der Waals surface area contributed by atoms with Gasteiger partial charge in [0.1, 0.15) is 6.61 Å². The van der Waals surface area contributed by atoms with Gasteiger partial charge in [0.05, 0.1) is 0 Å². The Balaban J connectivity index is 3.33. The van der Waals surface area contributed by atoms with Crippen LogP contribution in [0.4, 0.5) is 0 Å². The lowest BCUT2D eigenvalue weighted by Gasteiger charge is -2.01. The minimum absolute atomic E-state index is 0.219. The van der Waals surface area contributed by atoms with E-state index in [2.05, 4.69) is 13.0 Å². The van der Waals surface area contributed by atoms with Crippen LogP contribution in [-0.4, -0.2) is 12.6 Å². The molecule has 0 aliphatic rings. The monoisotopic (exact) mass is 266 g/mol. The van der Waals surface area contributed by atoms with Gasteiger partial charge in [-0.15, -0.1) is 0 Å². The maximum absolute atomic E-state index is 11.3. The van der Waals surface area contributed by atoms with Crippen LogP contribution in [0, 0.1) is 0 Å². The van der Waals surface area contributed by atoms with E-state index in [4.69, 9.17) is 4.74 Å². The molecule has 0 amide bonds. The van der Waals surface area contributed by atoms with E-state index < -0.39 is 0 Å². The lowest BCUT2D eigenvalue weighted by Crippen LogP contribution is -2.05. The summed E-state index contributed by atoms with van der Waals surface area (Å²) in [4.78, 5) is 11.3. The number of hydrogen-bond acceptors (Lipinski definition) is 2. The Hall–Kier alpha value is -1.05. The fourth-order valence-electron chi connectivity index (χ4n) is 1.76. The molecule has 0 rings (SSSR count). The first-order valence-corrected chi connectivity index (χ1v) is 7.67. The fourth-order valence-corrected chi connectivity index (χ4v) is 1.76. The largest absolute Gasteiger partial charge is 0.458 e. The molecular formula is C17H30O2. The SMILES string of the molecule is C/C=C(\C)C(=O)OC/C=C/CCCCCCCCC. The van der Waals surface area contributed by atoms with Gasteiger partial charge in [0.15, 0.2) is 0 Å². The van der Waals surface area contributed by atoms with Crippen LogP contribution >= 0.6 is 0 Å². The summed E-state index contributed by atoms with van der Waals surface area (Å²) in [5, 5.41) is 0. The highest BCUT2D eigenvalue weighted by atomic mass is 16.5. The van der Waals surface area contributed by atoms with E-state index in [1.165, 1.54) is 44.9 Å². The third-order valence-electron chi connectivity index (χ3n) is 3.21. The third-order valence-corrected chi connectivity index (χ3v) is 3.21. The van der Waals surface area contributed by atoms with Crippen molar-refractivity contribution in [3.05, 3.63) is 23.8 Å². The van der Waals surface area contributed by atoms with Crippen LogP contribution in [0.15, 0.2) is 23.8 Å². The van der Waals surface area contributed by atoms with E-state index in [9.17, 15) is 4.79 Å². The molecular weight excluding hydrogens is 236 g/mol. The maximum Gasteiger partial charge on any atom is 0.333 e. The number of rotatable bonds is 11. The summed E-state index contributed by atoms with van der Waals surface area (Å²) >= 11 is 0. The second-order valence-electron chi connectivity index (χ2n) is 4.95. The molecule has 0 atom stereocenters. The zero-order valence-electron chi connectivity index (χ0n) is 12.9. The lowest BCUT2D eigenvalue weighted by atomic mass is 10.1. The highest BCUT2D eigenvalue weighted by Crippen LogP contribution is 2.08. The van der Waals surface area contributed by atoms with Crippen LogP contribution in [-0.2, 0) is 9.53 Å². The molecule has 2 nitrogen and oxygen atoms in total. The van der Waals surface area contributed by atoms with Gasteiger partial charge in [-0.3, -0.25) is 0 Å². The first kappa shape index (κ1) is 17.9. The summed E-state index contributed by atoms with van der Waals surface area (Å²) in [6.45, 7) is 6.24. The number of esters is 1. The van der Waals surface area contributed by atoms with Gasteiger partial charge in [-0.1, -0.05) is 63.7 Å². The van der Waals surface area contributed by atoms with Crippen molar-refractivity contribution in [3.63, 3.8) is 0 Å². The fraction of sp³-hybridized carbons (Fsp3) is 0.706. The van der Waals surface area contributed by atoms with E-state index in [-0.39, 0.29) is 5.97 Å². The average Bonchev–Trinajstić information content (AvgIpc) is 2.43. The molecule has 0 aliphatic heterocycles. The highest BCUT2D eigenvalue weighted by Gasteiger charge is 2.01. The van der Waals surface area contributed by atoms with Crippen molar-refractivity contribution in [1.29, 1.82) is 0 Å². The Morgan fingerprint density at radius 1 is 1.00 bits per heavy atom. The quantitative estimate of drug-likeness (QED) is 0.222. The number of carbonyl (C=O) groups excluding carboxylic acids is 1. The van der Waals surface area contributed by atoms with E-state index in [1.54, 1.807) is 13.0 Å². The second-order valence-corrected chi connectivity index (χ2v) is 4.95. The maximum atomic E-state index is 11.3. The van der Waals surface area contributed by atoms with Crippen molar-refractivity contribution < 1.29 is 9.53 Å². The zero-order valence-corrected chi connectivity index (χ0v) is 12.9. The number of unbranched alkanes of at least 4 members (excludes halogenated alkanes) is 7. The Bertz CT molecular complexity index is 277. The summed E-state index contributed by atoms with van der Waals surface area (Å²) < 4.78 is 5.07. The molecule has 0 radical (unpaired) electrons. The van der Waals surface area contributed by atoms with E-state index in [0.717, 1.165) is 6.42 Å². The van der Waals surface area contributed by atoms with Crippen molar-refractivity contribution in [2.75, 3.05) is 6.61 Å². The molecule has 19 heavy (non-hydrogen) atoms. The summed E-state index contributed by atoms with van der Waals surface area (Å²) in [6, 6.07) is 0. The minimum Gasteiger partial charge on any atom is -0.458 e. The van der Waals surface area contributed by atoms with Crippen LogP contribution in [0.25, 0.3) is 0 Å². The molecule has 0 unspecified atom stereocenters. The first-order chi connectivity index (χ1) is 9.22. The summed E-state index contributed by atoms with van der Waals surface area (Å²) in [5.74, 6) is -0.219. The van der Waals surface area contributed by atoms with Gasteiger partial charge in [0, 0.05) is 5.57 Å². The average molecular weight is 266 g/mol. The Kier molecular flexibility index (Phi) is 12.6. The lowest BCUT2D eigenvalue weighted by molar-refractivity contribution is -0.137. The van der Waals surface area contributed by atoms with Gasteiger partial charge in [0.2, 0.25) is 0 Å². The van der Waals surface area contributed by atoms with Gasteiger partial charge in [-0.25, -0.2) is 4.79 Å². The van der Waals surface area contributed by atoms with Crippen LogP contribution in [0.3, 0.4) is 0 Å². The number of hydrogen-bond donors (Lipinski definition) is 0. The molecule has 0 heterocycles. The summed E-state index contributed by atoms with van der Waals surface area (Å²) in [7, 11) is 0. The van der Waals surface area contributed by atoms with Gasteiger partial charge in [-0.2, -0.15) is 0 Å². The van der Waals surface area contributed by atoms with Gasteiger partial charge in [0.25, 0.3) is 0 Å². The molecule has 0 aliphatic carbocycles.